The number of aromatic nitrogens is 16. The van der Waals surface area contributed by atoms with E-state index in [0.717, 1.165) is 0 Å². The summed E-state index contributed by atoms with van der Waals surface area (Å²) in [7, 11) is 0. The summed E-state index contributed by atoms with van der Waals surface area (Å²) >= 11 is 0. The van der Waals surface area contributed by atoms with E-state index >= 15 is 0 Å². The maximum Gasteiger partial charge on any atom is 0.222 e. The number of hydrogen-bond acceptors (Lipinski definition) is 12. The summed E-state index contributed by atoms with van der Waals surface area (Å²) in [6, 6.07) is 3.44. The van der Waals surface area contributed by atoms with Crippen LogP contribution in [0.4, 0.5) is 0 Å². The van der Waals surface area contributed by atoms with Gasteiger partial charge in [0.05, 0.1) is 29.7 Å². The first-order valence-electron chi connectivity index (χ1n) is 9.09. The van der Waals surface area contributed by atoms with Crippen molar-refractivity contribution >= 4 is 0 Å². The molecule has 0 radical (unpaired) electrons. The van der Waals surface area contributed by atoms with Crippen LogP contribution in [-0.2, 0) is 0 Å². The molecule has 0 atom stereocenters. The van der Waals surface area contributed by atoms with E-state index in [9.17, 15) is 0 Å². The first-order chi connectivity index (χ1) is 15.9. The molecule has 16 nitrogen and oxygen atoms in total. The van der Waals surface area contributed by atoms with Crippen LogP contribution in [0.1, 0.15) is 0 Å². The molecular formula is C16H10N16. The van der Waals surface area contributed by atoms with Crippen molar-refractivity contribution in [1.82, 2.24) is 81.2 Å². The summed E-state index contributed by atoms with van der Waals surface area (Å²) in [5.74, 6) is 1.66. The fourth-order valence-corrected chi connectivity index (χ4v) is 2.90. The maximum atomic E-state index is 4.34. The summed E-state index contributed by atoms with van der Waals surface area (Å²) in [5.41, 5.74) is 2.34. The van der Waals surface area contributed by atoms with E-state index < -0.39 is 0 Å². The second-order valence-corrected chi connectivity index (χ2v) is 6.31. The van der Waals surface area contributed by atoms with E-state index in [1.54, 1.807) is 47.8 Å². The third-order valence-corrected chi connectivity index (χ3v) is 4.40. The van der Waals surface area contributed by atoms with Crippen molar-refractivity contribution in [2.24, 2.45) is 0 Å². The normalized spacial score (nSPS) is 11.1. The monoisotopic (exact) mass is 426 g/mol. The molecule has 0 bridgehead atoms. The standard InChI is InChI=1S/C16H10N16/c1-3-17-22-10(1)14-27-29-15(30-28-14)11-2-4-21-32(11)16-9(7-20-31-16)13-25-23-12(24-26-13)8-5-18-19-6-8/h1-7H,(H,17,22)(H,18,19)(H,20,31). The highest BCUT2D eigenvalue weighted by molar-refractivity contribution is 5.66. The summed E-state index contributed by atoms with van der Waals surface area (Å²) < 4.78 is 1.55. The van der Waals surface area contributed by atoms with Gasteiger partial charge in [-0.1, -0.05) is 0 Å². The molecule has 3 N–H and O–H groups in total. The van der Waals surface area contributed by atoms with Crippen LogP contribution < -0.4 is 0 Å². The largest absolute Gasteiger partial charge is 0.285 e. The lowest BCUT2D eigenvalue weighted by molar-refractivity contribution is 0.807. The zero-order valence-corrected chi connectivity index (χ0v) is 15.9. The lowest BCUT2D eigenvalue weighted by atomic mass is 10.3. The molecule has 6 rings (SSSR count). The van der Waals surface area contributed by atoms with Gasteiger partial charge in [0.2, 0.25) is 23.3 Å². The number of nitrogens with zero attached hydrogens (tertiary/aromatic N) is 13. The third kappa shape index (κ3) is 2.95. The van der Waals surface area contributed by atoms with E-state index in [4.69, 9.17) is 0 Å². The van der Waals surface area contributed by atoms with Crippen LogP contribution in [0.25, 0.3) is 51.6 Å². The first kappa shape index (κ1) is 17.6. The molecule has 0 saturated carbocycles. The molecule has 0 spiro atoms. The van der Waals surface area contributed by atoms with Crippen molar-refractivity contribution in [3.05, 3.63) is 43.1 Å². The quantitative estimate of drug-likeness (QED) is 0.329. The first-order valence-corrected chi connectivity index (χ1v) is 9.09. The Morgan fingerprint density at radius 1 is 0.656 bits per heavy atom. The van der Waals surface area contributed by atoms with Crippen LogP contribution in [0.3, 0.4) is 0 Å². The molecule has 0 fully saturated rings. The van der Waals surface area contributed by atoms with Gasteiger partial charge in [-0.2, -0.15) is 20.4 Å². The van der Waals surface area contributed by atoms with Crippen molar-refractivity contribution in [2.75, 3.05) is 0 Å². The minimum atomic E-state index is 0.259. The van der Waals surface area contributed by atoms with E-state index in [0.29, 0.717) is 40.0 Å². The van der Waals surface area contributed by atoms with Crippen LogP contribution in [0.2, 0.25) is 0 Å². The Hall–Kier alpha value is -5.28. The second-order valence-electron chi connectivity index (χ2n) is 6.31. The molecule has 0 aliphatic carbocycles. The number of aromatic amines is 3. The molecule has 154 valence electrons. The minimum absolute atomic E-state index is 0.259. The Labute approximate surface area is 176 Å². The van der Waals surface area contributed by atoms with Gasteiger partial charge in [0.15, 0.2) is 5.82 Å². The fourth-order valence-electron chi connectivity index (χ4n) is 2.90. The smallest absolute Gasteiger partial charge is 0.222 e. The molecule has 0 unspecified atom stereocenters. The maximum absolute atomic E-state index is 4.34. The van der Waals surface area contributed by atoms with E-state index in [1.165, 1.54) is 0 Å². The Bertz CT molecular complexity index is 1330. The molecule has 6 heterocycles. The van der Waals surface area contributed by atoms with Gasteiger partial charge >= 0.3 is 0 Å². The van der Waals surface area contributed by atoms with Crippen molar-refractivity contribution in [3.63, 3.8) is 0 Å². The van der Waals surface area contributed by atoms with Gasteiger partial charge in [0, 0.05) is 12.4 Å². The van der Waals surface area contributed by atoms with Crippen LogP contribution in [0.15, 0.2) is 43.1 Å². The number of hydrogen-bond donors (Lipinski definition) is 3. The third-order valence-electron chi connectivity index (χ3n) is 4.40. The molecular weight excluding hydrogens is 416 g/mol. The molecule has 0 aliphatic rings. The van der Waals surface area contributed by atoms with Gasteiger partial charge in [0.1, 0.15) is 11.4 Å². The topological polar surface area (TPSA) is 207 Å². The molecule has 32 heavy (non-hydrogen) atoms. The van der Waals surface area contributed by atoms with Crippen molar-refractivity contribution in [2.45, 2.75) is 0 Å². The lowest BCUT2D eigenvalue weighted by Gasteiger charge is -2.05. The van der Waals surface area contributed by atoms with Gasteiger partial charge in [-0.3, -0.25) is 15.3 Å². The summed E-state index contributed by atoms with van der Waals surface area (Å²) in [5, 5.41) is 57.5. The number of nitrogens with one attached hydrogen (secondary N) is 3. The molecule has 0 saturated heterocycles. The predicted molar refractivity (Wildman–Crippen MR) is 104 cm³/mol. The van der Waals surface area contributed by atoms with Crippen LogP contribution in [0, 0.1) is 0 Å². The second kappa shape index (κ2) is 7.20. The zero-order chi connectivity index (χ0) is 21.3. The van der Waals surface area contributed by atoms with Crippen LogP contribution in [-0.4, -0.2) is 81.2 Å². The van der Waals surface area contributed by atoms with Crippen LogP contribution >= 0.6 is 0 Å². The number of H-pyrrole nitrogens is 3. The van der Waals surface area contributed by atoms with E-state index in [1.807, 2.05) is 0 Å². The summed E-state index contributed by atoms with van der Waals surface area (Å²) in [4.78, 5) is 0. The highest BCUT2D eigenvalue weighted by Gasteiger charge is 2.20. The molecule has 16 heteroatoms. The predicted octanol–water partition coefficient (Wildman–Crippen LogP) is -0.130. The highest BCUT2D eigenvalue weighted by Crippen LogP contribution is 2.25. The van der Waals surface area contributed by atoms with Gasteiger partial charge in [0.25, 0.3) is 0 Å². The zero-order valence-electron chi connectivity index (χ0n) is 15.9. The number of rotatable bonds is 5. The lowest BCUT2D eigenvalue weighted by Crippen LogP contribution is -2.07. The Morgan fingerprint density at radius 3 is 2.19 bits per heavy atom. The van der Waals surface area contributed by atoms with Gasteiger partial charge in [-0.25, -0.2) is 4.68 Å². The fraction of sp³-hybridized carbons (Fsp3) is 0. The molecule has 0 aromatic carbocycles. The SMILES string of the molecule is c1cc(-c2nnc(-c3ccnn3-c3[nH]ncc3-c3nnc(-c4cn[nH]c4)nn3)nn2)[nH]n1. The van der Waals surface area contributed by atoms with Crippen molar-refractivity contribution in [1.29, 1.82) is 0 Å². The highest BCUT2D eigenvalue weighted by atomic mass is 15.4. The van der Waals surface area contributed by atoms with Crippen molar-refractivity contribution < 1.29 is 0 Å². The average molecular weight is 426 g/mol. The molecule has 6 aromatic rings. The molecule has 6 aromatic heterocycles. The Kier molecular flexibility index (Phi) is 3.95. The van der Waals surface area contributed by atoms with Gasteiger partial charge in [-0.05, 0) is 12.1 Å². The Morgan fingerprint density at radius 2 is 1.44 bits per heavy atom. The van der Waals surface area contributed by atoms with E-state index in [-0.39, 0.29) is 11.6 Å². The van der Waals surface area contributed by atoms with Gasteiger partial charge < -0.3 is 0 Å². The van der Waals surface area contributed by atoms with E-state index in [2.05, 4.69) is 76.5 Å². The summed E-state index contributed by atoms with van der Waals surface area (Å²) in [6.07, 6.45) is 7.96. The summed E-state index contributed by atoms with van der Waals surface area (Å²) in [6.45, 7) is 0. The van der Waals surface area contributed by atoms with Gasteiger partial charge in [-0.15, -0.1) is 40.8 Å². The Balaban J connectivity index is 1.35. The van der Waals surface area contributed by atoms with Crippen molar-refractivity contribution in [3.8, 4) is 51.6 Å². The molecule has 0 amide bonds. The average Bonchev–Trinajstić information content (AvgIpc) is 3.66. The van der Waals surface area contributed by atoms with Crippen LogP contribution in [0.5, 0.6) is 0 Å². The minimum Gasteiger partial charge on any atom is -0.285 e. The molecule has 0 aliphatic heterocycles.